The lowest BCUT2D eigenvalue weighted by Crippen LogP contribution is -2.54. The van der Waals surface area contributed by atoms with E-state index in [0.717, 1.165) is 57.0 Å². The van der Waals surface area contributed by atoms with Gasteiger partial charge in [0, 0.05) is 67.9 Å². The third-order valence-electron chi connectivity index (χ3n) is 9.94. The first-order valence-electron chi connectivity index (χ1n) is 14.8. The van der Waals surface area contributed by atoms with E-state index >= 15 is 26.3 Å². The Balaban J connectivity index is 1.31. The van der Waals surface area contributed by atoms with Crippen LogP contribution in [0.4, 0.5) is 26.3 Å². The summed E-state index contributed by atoms with van der Waals surface area (Å²) in [5.41, 5.74) is -2.12. The summed E-state index contributed by atoms with van der Waals surface area (Å²) in [6, 6.07) is 21.6. The second kappa shape index (κ2) is 8.38. The second-order valence-electron chi connectivity index (χ2n) is 12.1. The first-order valence-corrected chi connectivity index (χ1v) is 14.8. The van der Waals surface area contributed by atoms with E-state index in [1.165, 1.54) is 18.3 Å². The third-order valence-corrected chi connectivity index (χ3v) is 9.94. The molecule has 0 saturated heterocycles. The Kier molecular flexibility index (Phi) is 4.74. The van der Waals surface area contributed by atoms with Crippen molar-refractivity contribution >= 4 is 76.2 Å². The van der Waals surface area contributed by atoms with Gasteiger partial charge in [-0.3, -0.25) is 9.97 Å². The predicted octanol–water partition coefficient (Wildman–Crippen LogP) is 10.2. The molecule has 0 N–H and O–H groups in total. The van der Waals surface area contributed by atoms with Gasteiger partial charge in [0.05, 0.1) is 33.1 Å². The molecule has 4 aromatic carbocycles. The van der Waals surface area contributed by atoms with Crippen LogP contribution < -0.4 is 0 Å². The third kappa shape index (κ3) is 3.01. The summed E-state index contributed by atoms with van der Waals surface area (Å²) in [5, 5.41) is 4.95. The highest BCUT2D eigenvalue weighted by atomic mass is 19.4. The Morgan fingerprint density at radius 3 is 1.57 bits per heavy atom. The molecular weight excluding hydrogens is 614 g/mol. The molecule has 6 aromatic heterocycles. The summed E-state index contributed by atoms with van der Waals surface area (Å²) < 4.78 is 96.6. The number of hydrogen-bond donors (Lipinski definition) is 0. The number of fused-ring (bicyclic) bond motifs is 12. The molecule has 10 heteroatoms. The fourth-order valence-corrected chi connectivity index (χ4v) is 8.08. The van der Waals surface area contributed by atoms with Crippen molar-refractivity contribution in [1.29, 1.82) is 0 Å². The van der Waals surface area contributed by atoms with Crippen molar-refractivity contribution in [3.05, 3.63) is 121 Å². The molecule has 0 radical (unpaired) electrons. The van der Waals surface area contributed by atoms with Gasteiger partial charge >= 0.3 is 12.4 Å². The molecule has 0 unspecified atom stereocenters. The van der Waals surface area contributed by atoms with Crippen LogP contribution in [0.5, 0.6) is 0 Å². The summed E-state index contributed by atoms with van der Waals surface area (Å²) in [5.74, 6) is 0. The van der Waals surface area contributed by atoms with Gasteiger partial charge < -0.3 is 8.80 Å². The van der Waals surface area contributed by atoms with Crippen LogP contribution in [-0.4, -0.2) is 31.1 Å². The molecule has 10 aromatic rings. The van der Waals surface area contributed by atoms with Crippen molar-refractivity contribution in [2.24, 2.45) is 0 Å². The SMILES string of the molecule is FC(F)(F)C(c1ccc2c(c1)c1cccc3c4ccccc4n2c31)(c1ccc2c(c1)c1cncc3c4cnccc4n2c31)C(F)(F)F. The Morgan fingerprint density at radius 1 is 0.426 bits per heavy atom. The Morgan fingerprint density at radius 2 is 0.915 bits per heavy atom. The van der Waals surface area contributed by atoms with Crippen LogP contribution in [0.25, 0.3) is 76.2 Å². The molecule has 47 heavy (non-hydrogen) atoms. The summed E-state index contributed by atoms with van der Waals surface area (Å²) in [7, 11) is 0. The van der Waals surface area contributed by atoms with E-state index in [1.807, 2.05) is 39.1 Å². The lowest BCUT2D eigenvalue weighted by atomic mass is 9.72. The van der Waals surface area contributed by atoms with E-state index in [9.17, 15) is 0 Å². The smallest absolute Gasteiger partial charge is 0.308 e. The Hall–Kier alpha value is -5.64. The molecule has 0 aliphatic carbocycles. The van der Waals surface area contributed by atoms with E-state index < -0.39 is 28.9 Å². The van der Waals surface area contributed by atoms with Gasteiger partial charge in [-0.25, -0.2) is 0 Å². The molecule has 6 heterocycles. The van der Waals surface area contributed by atoms with Crippen LogP contribution in [-0.2, 0) is 5.41 Å². The standard InChI is InChI=1S/C37H18F6N4/c38-36(39,40)35(37(41,42)43,19-8-10-30-24(14-19)23-6-3-5-22-21-4-1-2-7-29(21)46(30)33(22)23)20-9-11-31-25(15-20)27-17-45-18-28-26-16-44-13-12-32(26)47(31)34(27)28/h1-18H. The van der Waals surface area contributed by atoms with Gasteiger partial charge in [-0.1, -0.05) is 48.5 Å². The van der Waals surface area contributed by atoms with Crippen molar-refractivity contribution in [1.82, 2.24) is 18.8 Å². The minimum Gasteiger partial charge on any atom is -0.308 e. The van der Waals surface area contributed by atoms with Gasteiger partial charge in [0.15, 0.2) is 0 Å². The van der Waals surface area contributed by atoms with Gasteiger partial charge in [-0.2, -0.15) is 26.3 Å². The van der Waals surface area contributed by atoms with Crippen LogP contribution in [0.15, 0.2) is 110 Å². The minimum atomic E-state index is -5.74. The fourth-order valence-electron chi connectivity index (χ4n) is 8.08. The summed E-state index contributed by atoms with van der Waals surface area (Å²) in [6.07, 6.45) is -5.10. The molecule has 10 rings (SSSR count). The monoisotopic (exact) mass is 632 g/mol. The zero-order chi connectivity index (χ0) is 32.0. The summed E-state index contributed by atoms with van der Waals surface area (Å²) in [4.78, 5) is 8.48. The molecule has 0 aliphatic heterocycles. The van der Waals surface area contributed by atoms with Gasteiger partial charge in [0.25, 0.3) is 0 Å². The topological polar surface area (TPSA) is 34.6 Å². The maximum Gasteiger partial charge on any atom is 0.411 e. The maximum atomic E-state index is 15.5. The number of benzene rings is 4. The number of rotatable bonds is 2. The Labute approximate surface area is 259 Å². The van der Waals surface area contributed by atoms with E-state index in [4.69, 9.17) is 0 Å². The zero-order valence-electron chi connectivity index (χ0n) is 23.9. The average molecular weight is 633 g/mol. The summed E-state index contributed by atoms with van der Waals surface area (Å²) in [6.45, 7) is 0. The van der Waals surface area contributed by atoms with Crippen molar-refractivity contribution in [3.8, 4) is 0 Å². The molecule has 0 saturated carbocycles. The average Bonchev–Trinajstić information content (AvgIpc) is 3.77. The normalized spacial score (nSPS) is 13.7. The van der Waals surface area contributed by atoms with E-state index in [2.05, 4.69) is 9.97 Å². The highest BCUT2D eigenvalue weighted by Gasteiger charge is 2.72. The fraction of sp³-hybridized carbons (Fsp3) is 0.0811. The van der Waals surface area contributed by atoms with Gasteiger partial charge in [-0.05, 0) is 47.5 Å². The number of para-hydroxylation sites is 2. The molecule has 228 valence electrons. The maximum absolute atomic E-state index is 15.5. The van der Waals surface area contributed by atoms with Crippen LogP contribution in [0, 0.1) is 0 Å². The Bertz CT molecular complexity index is 2700. The highest BCUT2D eigenvalue weighted by molar-refractivity contribution is 6.24. The van der Waals surface area contributed by atoms with Crippen molar-refractivity contribution in [2.45, 2.75) is 17.8 Å². The summed E-state index contributed by atoms with van der Waals surface area (Å²) >= 11 is 0. The lowest BCUT2D eigenvalue weighted by molar-refractivity contribution is -0.288. The number of pyridine rings is 2. The number of halogens is 6. The molecular formula is C37H18F6N4. The zero-order valence-corrected chi connectivity index (χ0v) is 23.9. The first kappa shape index (κ1) is 26.6. The lowest BCUT2D eigenvalue weighted by Gasteiger charge is -2.38. The molecule has 0 amide bonds. The minimum absolute atomic E-state index is 0.250. The predicted molar refractivity (Wildman–Crippen MR) is 171 cm³/mol. The second-order valence-corrected chi connectivity index (χ2v) is 12.1. The van der Waals surface area contributed by atoms with Crippen LogP contribution in [0.2, 0.25) is 0 Å². The van der Waals surface area contributed by atoms with Gasteiger partial charge in [0.1, 0.15) is 0 Å². The molecule has 0 spiro atoms. The number of nitrogens with zero attached hydrogens (tertiary/aromatic N) is 4. The highest BCUT2D eigenvalue weighted by Crippen LogP contribution is 2.57. The molecule has 0 fully saturated rings. The van der Waals surface area contributed by atoms with Crippen LogP contribution >= 0.6 is 0 Å². The van der Waals surface area contributed by atoms with Crippen molar-refractivity contribution < 1.29 is 26.3 Å². The first-order chi connectivity index (χ1) is 22.6. The van der Waals surface area contributed by atoms with Gasteiger partial charge in [-0.15, -0.1) is 0 Å². The quantitative estimate of drug-likeness (QED) is 0.178. The van der Waals surface area contributed by atoms with E-state index in [-0.39, 0.29) is 5.39 Å². The van der Waals surface area contributed by atoms with E-state index in [1.54, 1.807) is 36.8 Å². The van der Waals surface area contributed by atoms with E-state index in [0.29, 0.717) is 38.1 Å². The van der Waals surface area contributed by atoms with Crippen molar-refractivity contribution in [3.63, 3.8) is 0 Å². The molecule has 4 nitrogen and oxygen atoms in total. The largest absolute Gasteiger partial charge is 0.411 e. The molecule has 0 atom stereocenters. The molecule has 0 bridgehead atoms. The number of aromatic nitrogens is 4. The van der Waals surface area contributed by atoms with Crippen LogP contribution in [0.3, 0.4) is 0 Å². The number of hydrogen-bond acceptors (Lipinski definition) is 2. The van der Waals surface area contributed by atoms with Gasteiger partial charge in [0.2, 0.25) is 5.41 Å². The molecule has 0 aliphatic rings. The number of alkyl halides is 6. The van der Waals surface area contributed by atoms with Crippen LogP contribution in [0.1, 0.15) is 11.1 Å². The van der Waals surface area contributed by atoms with Crippen molar-refractivity contribution in [2.75, 3.05) is 0 Å².